The van der Waals surface area contributed by atoms with Gasteiger partial charge in [-0.2, -0.15) is 0 Å². The Morgan fingerprint density at radius 1 is 1.38 bits per heavy atom. The summed E-state index contributed by atoms with van der Waals surface area (Å²) in [5.41, 5.74) is 1.30. The second-order valence-electron chi connectivity index (χ2n) is 2.79. The molecule has 0 fully saturated rings. The number of hydrogen-bond donors (Lipinski definition) is 1. The highest BCUT2D eigenvalue weighted by molar-refractivity contribution is 9.10. The fourth-order valence-corrected chi connectivity index (χ4v) is 1.47. The van der Waals surface area contributed by atoms with Crippen LogP contribution in [-0.4, -0.2) is 6.54 Å². The van der Waals surface area contributed by atoms with Crippen LogP contribution in [0.1, 0.15) is 12.5 Å². The third-order valence-electron chi connectivity index (χ3n) is 1.77. The van der Waals surface area contributed by atoms with Crippen molar-refractivity contribution in [2.45, 2.75) is 13.5 Å². The summed E-state index contributed by atoms with van der Waals surface area (Å²) >= 11 is 3.51. The van der Waals surface area contributed by atoms with E-state index in [4.69, 9.17) is 0 Å². The van der Waals surface area contributed by atoms with Crippen molar-refractivity contribution < 1.29 is 0 Å². The van der Waals surface area contributed by atoms with Crippen LogP contribution in [0.2, 0.25) is 0 Å². The van der Waals surface area contributed by atoms with Crippen LogP contribution in [0.5, 0.6) is 0 Å². The van der Waals surface area contributed by atoms with Gasteiger partial charge in [0.2, 0.25) is 0 Å². The molecule has 0 aromatic heterocycles. The molecule has 13 heavy (non-hydrogen) atoms. The van der Waals surface area contributed by atoms with E-state index in [-0.39, 0.29) is 0 Å². The van der Waals surface area contributed by atoms with Crippen LogP contribution in [0.3, 0.4) is 0 Å². The van der Waals surface area contributed by atoms with Gasteiger partial charge in [-0.25, -0.2) is 0 Å². The highest BCUT2D eigenvalue weighted by atomic mass is 79.9. The topological polar surface area (TPSA) is 12.0 Å². The summed E-state index contributed by atoms with van der Waals surface area (Å²) < 4.78 is 1.17. The van der Waals surface area contributed by atoms with Gasteiger partial charge in [0, 0.05) is 17.6 Å². The zero-order chi connectivity index (χ0) is 9.52. The predicted molar refractivity (Wildman–Crippen MR) is 60.7 cm³/mol. The molecular weight excluding hydrogens is 226 g/mol. The standard InChI is InChI=1S/C11H14BrN/c1-2-3-8-13-9-10-6-4-5-7-11(10)12/h2-7,13H,8-9H2,1H3/b3-2+. The van der Waals surface area contributed by atoms with Crippen LogP contribution in [0.25, 0.3) is 0 Å². The minimum atomic E-state index is 0.908. The first-order chi connectivity index (χ1) is 6.34. The number of nitrogens with one attached hydrogen (secondary N) is 1. The van der Waals surface area contributed by atoms with Crippen LogP contribution in [0.4, 0.5) is 0 Å². The maximum atomic E-state index is 3.51. The summed E-state index contributed by atoms with van der Waals surface area (Å²) in [7, 11) is 0. The van der Waals surface area contributed by atoms with Gasteiger partial charge in [-0.05, 0) is 18.6 Å². The second-order valence-corrected chi connectivity index (χ2v) is 3.65. The number of benzene rings is 1. The lowest BCUT2D eigenvalue weighted by molar-refractivity contribution is 0.757. The Kier molecular flexibility index (Phi) is 4.79. The van der Waals surface area contributed by atoms with Gasteiger partial charge < -0.3 is 5.32 Å². The molecule has 0 heterocycles. The SMILES string of the molecule is C/C=C/CNCc1ccccc1Br. The van der Waals surface area contributed by atoms with Gasteiger partial charge >= 0.3 is 0 Å². The summed E-state index contributed by atoms with van der Waals surface area (Å²) in [6.07, 6.45) is 4.16. The summed E-state index contributed by atoms with van der Waals surface area (Å²) in [5.74, 6) is 0. The molecule has 1 nitrogen and oxygen atoms in total. The van der Waals surface area contributed by atoms with Crippen molar-refractivity contribution >= 4 is 15.9 Å². The molecule has 1 N–H and O–H groups in total. The molecule has 0 aliphatic carbocycles. The van der Waals surface area contributed by atoms with Gasteiger partial charge in [0.1, 0.15) is 0 Å². The lowest BCUT2D eigenvalue weighted by Crippen LogP contribution is -2.12. The van der Waals surface area contributed by atoms with Gasteiger partial charge in [-0.3, -0.25) is 0 Å². The molecule has 1 rings (SSSR count). The normalized spacial score (nSPS) is 10.9. The molecule has 1 aromatic carbocycles. The van der Waals surface area contributed by atoms with E-state index < -0.39 is 0 Å². The third kappa shape index (κ3) is 3.75. The predicted octanol–water partition coefficient (Wildman–Crippen LogP) is 3.11. The highest BCUT2D eigenvalue weighted by Crippen LogP contribution is 2.14. The molecular formula is C11H14BrN. The Bertz CT molecular complexity index is 281. The number of allylic oxidation sites excluding steroid dienone is 1. The Balaban J connectivity index is 2.41. The van der Waals surface area contributed by atoms with Crippen LogP contribution >= 0.6 is 15.9 Å². The van der Waals surface area contributed by atoms with Crippen LogP contribution in [0, 0.1) is 0 Å². The first kappa shape index (κ1) is 10.5. The summed E-state index contributed by atoms with van der Waals surface area (Å²) in [6, 6.07) is 8.26. The van der Waals surface area contributed by atoms with Gasteiger partial charge in [-0.15, -0.1) is 0 Å². The van der Waals surface area contributed by atoms with Crippen molar-refractivity contribution in [3.05, 3.63) is 46.5 Å². The maximum Gasteiger partial charge on any atom is 0.0220 e. The van der Waals surface area contributed by atoms with E-state index in [0.29, 0.717) is 0 Å². The molecule has 70 valence electrons. The van der Waals surface area contributed by atoms with E-state index in [1.165, 1.54) is 10.0 Å². The molecule has 0 radical (unpaired) electrons. The quantitative estimate of drug-likeness (QED) is 0.629. The highest BCUT2D eigenvalue weighted by Gasteiger charge is 1.95. The summed E-state index contributed by atoms with van der Waals surface area (Å²) in [5, 5.41) is 3.33. The number of hydrogen-bond acceptors (Lipinski definition) is 1. The molecule has 0 saturated heterocycles. The lowest BCUT2D eigenvalue weighted by atomic mass is 10.2. The van der Waals surface area contributed by atoms with Crippen molar-refractivity contribution in [3.8, 4) is 0 Å². The summed E-state index contributed by atoms with van der Waals surface area (Å²) in [4.78, 5) is 0. The fourth-order valence-electron chi connectivity index (χ4n) is 1.05. The summed E-state index contributed by atoms with van der Waals surface area (Å²) in [6.45, 7) is 3.86. The van der Waals surface area contributed by atoms with E-state index in [9.17, 15) is 0 Å². The molecule has 0 aliphatic heterocycles. The smallest absolute Gasteiger partial charge is 0.0220 e. The van der Waals surface area contributed by atoms with Crippen molar-refractivity contribution in [1.29, 1.82) is 0 Å². The molecule has 1 aromatic rings. The Hall–Kier alpha value is -0.600. The van der Waals surface area contributed by atoms with Crippen LogP contribution < -0.4 is 5.32 Å². The Morgan fingerprint density at radius 3 is 2.85 bits per heavy atom. The molecule has 0 amide bonds. The van der Waals surface area contributed by atoms with E-state index in [1.807, 2.05) is 19.1 Å². The number of halogens is 1. The molecule has 0 bridgehead atoms. The molecule has 2 heteroatoms. The Labute approximate surface area is 88.0 Å². The van der Waals surface area contributed by atoms with Crippen molar-refractivity contribution in [1.82, 2.24) is 5.32 Å². The van der Waals surface area contributed by atoms with Crippen LogP contribution in [0.15, 0.2) is 40.9 Å². The monoisotopic (exact) mass is 239 g/mol. The van der Waals surface area contributed by atoms with Crippen LogP contribution in [-0.2, 0) is 6.54 Å². The van der Waals surface area contributed by atoms with E-state index >= 15 is 0 Å². The van der Waals surface area contributed by atoms with Crippen molar-refractivity contribution in [2.24, 2.45) is 0 Å². The first-order valence-corrected chi connectivity index (χ1v) is 5.19. The van der Waals surface area contributed by atoms with E-state index in [0.717, 1.165) is 13.1 Å². The molecule has 0 unspecified atom stereocenters. The van der Waals surface area contributed by atoms with Gasteiger partial charge in [0.15, 0.2) is 0 Å². The van der Waals surface area contributed by atoms with E-state index in [1.54, 1.807) is 0 Å². The fraction of sp³-hybridized carbons (Fsp3) is 0.273. The minimum absolute atomic E-state index is 0.908. The molecule has 0 spiro atoms. The zero-order valence-electron chi connectivity index (χ0n) is 7.76. The largest absolute Gasteiger partial charge is 0.309 e. The molecule has 0 saturated carbocycles. The third-order valence-corrected chi connectivity index (χ3v) is 2.54. The van der Waals surface area contributed by atoms with Gasteiger partial charge in [-0.1, -0.05) is 46.3 Å². The number of rotatable bonds is 4. The van der Waals surface area contributed by atoms with Gasteiger partial charge in [0.25, 0.3) is 0 Å². The maximum absolute atomic E-state index is 3.51. The average molecular weight is 240 g/mol. The minimum Gasteiger partial charge on any atom is -0.309 e. The van der Waals surface area contributed by atoms with Crippen molar-refractivity contribution in [3.63, 3.8) is 0 Å². The van der Waals surface area contributed by atoms with Gasteiger partial charge in [0.05, 0.1) is 0 Å². The molecule has 0 aliphatic rings. The Morgan fingerprint density at radius 2 is 2.15 bits per heavy atom. The molecule has 0 atom stereocenters. The first-order valence-electron chi connectivity index (χ1n) is 4.40. The van der Waals surface area contributed by atoms with Crippen molar-refractivity contribution in [2.75, 3.05) is 6.54 Å². The lowest BCUT2D eigenvalue weighted by Gasteiger charge is -2.03. The zero-order valence-corrected chi connectivity index (χ0v) is 9.34. The second kappa shape index (κ2) is 5.95. The average Bonchev–Trinajstić information content (AvgIpc) is 2.15. The van der Waals surface area contributed by atoms with E-state index in [2.05, 4.69) is 45.5 Å².